The molecule has 0 amide bonds. The Bertz CT molecular complexity index is 241. The van der Waals surface area contributed by atoms with Crippen molar-refractivity contribution in [1.29, 1.82) is 0 Å². The molecule has 0 heterocycles. The van der Waals surface area contributed by atoms with Crippen LogP contribution in [-0.2, 0) is 9.59 Å². The van der Waals surface area contributed by atoms with Crippen molar-refractivity contribution in [3.8, 4) is 0 Å². The molecule has 0 aromatic heterocycles. The zero-order valence-electron chi connectivity index (χ0n) is 8.32. The highest BCUT2D eigenvalue weighted by Crippen LogP contribution is 2.45. The summed E-state index contributed by atoms with van der Waals surface area (Å²) in [6.45, 7) is 1.73. The van der Waals surface area contributed by atoms with E-state index in [2.05, 4.69) is 0 Å². The van der Waals surface area contributed by atoms with Crippen LogP contribution in [0.3, 0.4) is 0 Å². The van der Waals surface area contributed by atoms with Crippen LogP contribution in [-0.4, -0.2) is 22.2 Å². The second kappa shape index (κ2) is 3.98. The largest absolute Gasteiger partial charge is 0.481 e. The lowest BCUT2D eigenvalue weighted by molar-refractivity contribution is -0.153. The normalized spacial score (nSPS) is 21.8. The van der Waals surface area contributed by atoms with Gasteiger partial charge in [0.1, 0.15) is 0 Å². The van der Waals surface area contributed by atoms with Gasteiger partial charge in [-0.05, 0) is 18.8 Å². The second-order valence-corrected chi connectivity index (χ2v) is 4.17. The van der Waals surface area contributed by atoms with Crippen molar-refractivity contribution in [3.05, 3.63) is 0 Å². The molecule has 1 unspecified atom stereocenters. The van der Waals surface area contributed by atoms with E-state index in [4.69, 9.17) is 10.2 Å². The number of hydrogen-bond donors (Lipinski definition) is 2. The van der Waals surface area contributed by atoms with Crippen molar-refractivity contribution in [2.75, 3.05) is 0 Å². The van der Waals surface area contributed by atoms with Crippen LogP contribution in [0.15, 0.2) is 0 Å². The van der Waals surface area contributed by atoms with E-state index in [1.54, 1.807) is 6.92 Å². The van der Waals surface area contributed by atoms with E-state index in [0.717, 1.165) is 12.8 Å². The van der Waals surface area contributed by atoms with E-state index in [-0.39, 0.29) is 12.3 Å². The van der Waals surface area contributed by atoms with Crippen LogP contribution in [0.1, 0.15) is 39.0 Å². The van der Waals surface area contributed by atoms with Crippen molar-refractivity contribution in [2.45, 2.75) is 39.0 Å². The van der Waals surface area contributed by atoms with Crippen molar-refractivity contribution in [2.24, 2.45) is 11.3 Å². The summed E-state index contributed by atoms with van der Waals surface area (Å²) in [6, 6.07) is 0. The maximum Gasteiger partial charge on any atom is 0.309 e. The van der Waals surface area contributed by atoms with Crippen molar-refractivity contribution < 1.29 is 19.8 Å². The quantitative estimate of drug-likeness (QED) is 0.724. The van der Waals surface area contributed by atoms with Gasteiger partial charge in [-0.2, -0.15) is 0 Å². The molecule has 1 fully saturated rings. The maximum atomic E-state index is 11.2. The van der Waals surface area contributed by atoms with E-state index >= 15 is 0 Å². The molecule has 4 nitrogen and oxygen atoms in total. The number of carboxylic acids is 2. The fraction of sp³-hybridized carbons (Fsp3) is 0.800. The van der Waals surface area contributed by atoms with Crippen LogP contribution < -0.4 is 0 Å². The Kier molecular flexibility index (Phi) is 3.13. The minimum atomic E-state index is -0.912. The Morgan fingerprint density at radius 2 is 1.79 bits per heavy atom. The third-order valence-electron chi connectivity index (χ3n) is 3.35. The first kappa shape index (κ1) is 11.0. The molecule has 1 aliphatic carbocycles. The Hall–Kier alpha value is -1.06. The van der Waals surface area contributed by atoms with E-state index in [0.29, 0.717) is 12.8 Å². The number of carbonyl (C=O) groups is 2. The van der Waals surface area contributed by atoms with Crippen LogP contribution in [0.5, 0.6) is 0 Å². The van der Waals surface area contributed by atoms with Gasteiger partial charge in [-0.1, -0.05) is 19.8 Å². The second-order valence-electron chi connectivity index (χ2n) is 4.17. The summed E-state index contributed by atoms with van der Waals surface area (Å²) >= 11 is 0. The smallest absolute Gasteiger partial charge is 0.309 e. The van der Waals surface area contributed by atoms with Gasteiger partial charge in [0.05, 0.1) is 5.41 Å². The fourth-order valence-electron chi connectivity index (χ4n) is 2.38. The van der Waals surface area contributed by atoms with Gasteiger partial charge in [0.25, 0.3) is 0 Å². The molecule has 1 rings (SSSR count). The van der Waals surface area contributed by atoms with Gasteiger partial charge in [-0.15, -0.1) is 0 Å². The number of aliphatic carboxylic acids is 2. The average Bonchev–Trinajstić information content (AvgIpc) is 2.51. The summed E-state index contributed by atoms with van der Waals surface area (Å²) in [7, 11) is 0. The van der Waals surface area contributed by atoms with Gasteiger partial charge < -0.3 is 10.2 Å². The summed E-state index contributed by atoms with van der Waals surface area (Å²) in [5.41, 5.74) is -0.779. The van der Waals surface area contributed by atoms with Crippen LogP contribution in [0.4, 0.5) is 0 Å². The molecule has 0 spiro atoms. The molecule has 80 valence electrons. The van der Waals surface area contributed by atoms with Gasteiger partial charge >= 0.3 is 11.9 Å². The summed E-state index contributed by atoms with van der Waals surface area (Å²) in [4.78, 5) is 21.7. The molecule has 0 aromatic rings. The molecule has 0 saturated heterocycles. The minimum Gasteiger partial charge on any atom is -0.481 e. The van der Waals surface area contributed by atoms with E-state index in [9.17, 15) is 9.59 Å². The molecule has 1 aliphatic rings. The highest BCUT2D eigenvalue weighted by molar-refractivity contribution is 5.77. The van der Waals surface area contributed by atoms with Crippen LogP contribution in [0.25, 0.3) is 0 Å². The zero-order valence-corrected chi connectivity index (χ0v) is 8.32. The summed E-state index contributed by atoms with van der Waals surface area (Å²) in [5.74, 6) is -2.02. The monoisotopic (exact) mass is 200 g/mol. The predicted molar refractivity (Wildman–Crippen MR) is 50.0 cm³/mol. The molecule has 0 radical (unpaired) electrons. The molecule has 0 bridgehead atoms. The van der Waals surface area contributed by atoms with Crippen LogP contribution >= 0.6 is 0 Å². The number of carboxylic acid groups (broad SMARTS) is 2. The molecule has 2 N–H and O–H groups in total. The first-order chi connectivity index (χ1) is 6.49. The van der Waals surface area contributed by atoms with Crippen molar-refractivity contribution in [3.63, 3.8) is 0 Å². The molecule has 0 aromatic carbocycles. The lowest BCUT2D eigenvalue weighted by Gasteiger charge is -2.29. The fourth-order valence-corrected chi connectivity index (χ4v) is 2.38. The molecule has 4 heteroatoms. The number of rotatable bonds is 4. The van der Waals surface area contributed by atoms with Gasteiger partial charge in [0.2, 0.25) is 0 Å². The molecular weight excluding hydrogens is 184 g/mol. The lowest BCUT2D eigenvalue weighted by Crippen LogP contribution is -2.35. The lowest BCUT2D eigenvalue weighted by atomic mass is 9.73. The van der Waals surface area contributed by atoms with Gasteiger partial charge in [0.15, 0.2) is 0 Å². The molecule has 14 heavy (non-hydrogen) atoms. The topological polar surface area (TPSA) is 74.6 Å². The Labute approximate surface area is 82.9 Å². The van der Waals surface area contributed by atoms with Crippen molar-refractivity contribution in [1.82, 2.24) is 0 Å². The summed E-state index contributed by atoms with van der Waals surface area (Å²) in [5, 5.41) is 17.8. The third-order valence-corrected chi connectivity index (χ3v) is 3.35. The number of hydrogen-bond acceptors (Lipinski definition) is 2. The molecular formula is C10H16O4. The van der Waals surface area contributed by atoms with Gasteiger partial charge in [-0.3, -0.25) is 9.59 Å². The first-order valence-corrected chi connectivity index (χ1v) is 4.94. The van der Waals surface area contributed by atoms with Crippen molar-refractivity contribution >= 4 is 11.9 Å². The van der Waals surface area contributed by atoms with E-state index in [1.165, 1.54) is 0 Å². The van der Waals surface area contributed by atoms with Gasteiger partial charge in [0, 0.05) is 6.42 Å². The maximum absolute atomic E-state index is 11.2. The van der Waals surface area contributed by atoms with E-state index < -0.39 is 17.4 Å². The van der Waals surface area contributed by atoms with E-state index in [1.807, 2.05) is 0 Å². The summed E-state index contributed by atoms with van der Waals surface area (Å²) in [6.07, 6.45) is 2.99. The Balaban J connectivity index is 2.77. The van der Waals surface area contributed by atoms with Crippen LogP contribution in [0, 0.1) is 11.3 Å². The first-order valence-electron chi connectivity index (χ1n) is 4.94. The minimum absolute atomic E-state index is 0.0493. The molecule has 1 saturated carbocycles. The molecule has 1 atom stereocenters. The Morgan fingerprint density at radius 1 is 1.29 bits per heavy atom. The highest BCUT2D eigenvalue weighted by atomic mass is 16.4. The standard InChI is InChI=1S/C10H16O4/c1-7(6-8(11)12)10(9(13)14)4-2-3-5-10/h7H,2-6H2,1H3,(H,11,12)(H,13,14). The van der Waals surface area contributed by atoms with Gasteiger partial charge in [-0.25, -0.2) is 0 Å². The average molecular weight is 200 g/mol. The molecule has 0 aliphatic heterocycles. The Morgan fingerprint density at radius 3 is 2.14 bits per heavy atom. The summed E-state index contributed by atoms with van der Waals surface area (Å²) < 4.78 is 0. The zero-order chi connectivity index (χ0) is 10.8. The predicted octanol–water partition coefficient (Wildman–Crippen LogP) is 1.74. The third kappa shape index (κ3) is 1.89. The van der Waals surface area contributed by atoms with Crippen LogP contribution in [0.2, 0.25) is 0 Å². The highest BCUT2D eigenvalue weighted by Gasteiger charge is 2.46. The SMILES string of the molecule is CC(CC(=O)O)C1(C(=O)O)CCCC1.